The van der Waals surface area contributed by atoms with Crippen LogP contribution in [0.15, 0.2) is 77.8 Å². The molecule has 3 heterocycles. The van der Waals surface area contributed by atoms with Crippen molar-refractivity contribution in [2.45, 2.75) is 65.8 Å². The molecule has 0 aliphatic heterocycles. The molecule has 2 amide bonds. The largest absolute Gasteiger partial charge is 0.473 e. The van der Waals surface area contributed by atoms with Gasteiger partial charge in [-0.25, -0.2) is 19.6 Å². The lowest BCUT2D eigenvalue weighted by molar-refractivity contribution is 0.0429. The van der Waals surface area contributed by atoms with Crippen LogP contribution in [0, 0.1) is 0 Å². The summed E-state index contributed by atoms with van der Waals surface area (Å²) in [6, 6.07) is 16.9. The number of hydrogen-bond acceptors (Lipinski definition) is 9. The van der Waals surface area contributed by atoms with Crippen molar-refractivity contribution < 1.29 is 28.3 Å². The van der Waals surface area contributed by atoms with E-state index in [0.29, 0.717) is 35.7 Å². The Kier molecular flexibility index (Phi) is 8.71. The van der Waals surface area contributed by atoms with Gasteiger partial charge in [0.25, 0.3) is 0 Å². The minimum absolute atomic E-state index is 0.0440. The van der Waals surface area contributed by atoms with Crippen molar-refractivity contribution in [3.05, 3.63) is 90.1 Å². The molecule has 0 spiro atoms. The van der Waals surface area contributed by atoms with Crippen LogP contribution in [0.5, 0.6) is 5.88 Å². The van der Waals surface area contributed by atoms with Crippen molar-refractivity contribution in [2.24, 2.45) is 0 Å². The van der Waals surface area contributed by atoms with Gasteiger partial charge in [-0.1, -0.05) is 35.5 Å². The van der Waals surface area contributed by atoms with Crippen LogP contribution in [-0.4, -0.2) is 38.5 Å². The van der Waals surface area contributed by atoms with Gasteiger partial charge in [0.1, 0.15) is 24.1 Å². The van der Waals surface area contributed by atoms with Crippen molar-refractivity contribution in [2.75, 3.05) is 4.90 Å². The zero-order valence-corrected chi connectivity index (χ0v) is 24.1. The van der Waals surface area contributed by atoms with Crippen LogP contribution in [0.25, 0.3) is 11.1 Å². The Bertz CT molecular complexity index is 1440. The highest BCUT2D eigenvalue weighted by atomic mass is 16.6. The van der Waals surface area contributed by atoms with E-state index in [-0.39, 0.29) is 5.82 Å². The van der Waals surface area contributed by atoms with Crippen molar-refractivity contribution in [3.8, 4) is 17.0 Å². The fourth-order valence-corrected chi connectivity index (χ4v) is 3.79. The molecule has 1 aromatic carbocycles. The van der Waals surface area contributed by atoms with E-state index < -0.39 is 23.4 Å². The van der Waals surface area contributed by atoms with Gasteiger partial charge in [-0.05, 0) is 70.9 Å². The number of rotatable bonds is 7. The molecule has 0 N–H and O–H groups in total. The van der Waals surface area contributed by atoms with Gasteiger partial charge in [0, 0.05) is 36.0 Å². The standard InChI is InChI=1S/C31H34N4O6/c1-30(2,3)40-28(36)35(29(37)41-31(4,5)6)27-23(10-9-17-33-27)24-20-39-34-25(24)18-21-12-14-22(15-13-21)19-38-26-11-7-8-16-32-26/h7-17,20H,18-19H2,1-6H3. The van der Waals surface area contributed by atoms with Crippen molar-refractivity contribution >= 4 is 18.0 Å². The highest BCUT2D eigenvalue weighted by Gasteiger charge is 2.35. The summed E-state index contributed by atoms with van der Waals surface area (Å²) in [5.41, 5.74) is 1.88. The number of ether oxygens (including phenoxy) is 3. The summed E-state index contributed by atoms with van der Waals surface area (Å²) in [4.78, 5) is 35.9. The van der Waals surface area contributed by atoms with Crippen molar-refractivity contribution in [1.82, 2.24) is 15.1 Å². The first kappa shape index (κ1) is 29.3. The lowest BCUT2D eigenvalue weighted by Crippen LogP contribution is -2.44. The minimum Gasteiger partial charge on any atom is -0.473 e. The van der Waals surface area contributed by atoms with E-state index in [0.717, 1.165) is 16.0 Å². The predicted molar refractivity (Wildman–Crippen MR) is 152 cm³/mol. The third kappa shape index (κ3) is 8.14. The van der Waals surface area contributed by atoms with Crippen molar-refractivity contribution in [3.63, 3.8) is 0 Å². The molecule has 10 heteroatoms. The summed E-state index contributed by atoms with van der Waals surface area (Å²) in [7, 11) is 0. The van der Waals surface area contributed by atoms with E-state index >= 15 is 0 Å². The van der Waals surface area contributed by atoms with Gasteiger partial charge in [-0.15, -0.1) is 0 Å². The Labute approximate surface area is 239 Å². The van der Waals surface area contributed by atoms with Gasteiger partial charge in [0.05, 0.1) is 5.69 Å². The maximum atomic E-state index is 13.3. The second kappa shape index (κ2) is 12.2. The highest BCUT2D eigenvalue weighted by molar-refractivity contribution is 6.11. The molecule has 3 aromatic heterocycles. The molecule has 0 bridgehead atoms. The van der Waals surface area contributed by atoms with E-state index in [1.54, 1.807) is 65.9 Å². The fraction of sp³-hybridized carbons (Fsp3) is 0.323. The number of pyridine rings is 2. The van der Waals surface area contributed by atoms with Gasteiger partial charge in [0.15, 0.2) is 5.82 Å². The monoisotopic (exact) mass is 558 g/mol. The molecular formula is C31H34N4O6. The molecule has 0 unspecified atom stereocenters. The SMILES string of the molecule is CC(C)(C)OC(=O)N(C(=O)OC(C)(C)C)c1ncccc1-c1conc1Cc1ccc(COc2ccccn2)cc1. The Morgan fingerprint density at radius 3 is 2.02 bits per heavy atom. The molecule has 4 aromatic rings. The van der Waals surface area contributed by atoms with Crippen LogP contribution in [0.1, 0.15) is 58.4 Å². The summed E-state index contributed by atoms with van der Waals surface area (Å²) >= 11 is 0. The number of benzene rings is 1. The maximum absolute atomic E-state index is 13.3. The van der Waals surface area contributed by atoms with Gasteiger partial charge < -0.3 is 18.7 Å². The fourth-order valence-electron chi connectivity index (χ4n) is 3.79. The van der Waals surface area contributed by atoms with Crippen LogP contribution < -0.4 is 9.64 Å². The molecule has 4 rings (SSSR count). The molecule has 10 nitrogen and oxygen atoms in total. The summed E-state index contributed by atoms with van der Waals surface area (Å²) in [5.74, 6) is 0.602. The Balaban J connectivity index is 1.60. The quantitative estimate of drug-likeness (QED) is 0.237. The lowest BCUT2D eigenvalue weighted by Gasteiger charge is -2.28. The third-order valence-corrected chi connectivity index (χ3v) is 5.50. The number of carbonyl (C=O) groups is 2. The van der Waals surface area contributed by atoms with E-state index in [4.69, 9.17) is 18.7 Å². The molecule has 0 fully saturated rings. The van der Waals surface area contributed by atoms with Gasteiger partial charge in [-0.3, -0.25) is 0 Å². The number of aromatic nitrogens is 3. The zero-order valence-electron chi connectivity index (χ0n) is 24.1. The molecule has 0 saturated heterocycles. The number of carbonyl (C=O) groups excluding carboxylic acids is 2. The third-order valence-electron chi connectivity index (χ3n) is 5.50. The van der Waals surface area contributed by atoms with Crippen LogP contribution in [0.3, 0.4) is 0 Å². The van der Waals surface area contributed by atoms with Gasteiger partial charge in [-0.2, -0.15) is 4.90 Å². The summed E-state index contributed by atoms with van der Waals surface area (Å²) < 4.78 is 22.1. The van der Waals surface area contributed by atoms with E-state index in [1.807, 2.05) is 36.4 Å². The smallest absolute Gasteiger partial charge is 0.425 e. The number of imide groups is 1. The highest BCUT2D eigenvalue weighted by Crippen LogP contribution is 2.34. The summed E-state index contributed by atoms with van der Waals surface area (Å²) in [6.07, 6.45) is 3.25. The molecular weight excluding hydrogens is 524 g/mol. The molecule has 214 valence electrons. The second-order valence-electron chi connectivity index (χ2n) is 11.3. The average molecular weight is 559 g/mol. The predicted octanol–water partition coefficient (Wildman–Crippen LogP) is 6.98. The van der Waals surface area contributed by atoms with Crippen LogP contribution in [0.4, 0.5) is 15.4 Å². The second-order valence-corrected chi connectivity index (χ2v) is 11.3. The normalized spacial score (nSPS) is 11.6. The Morgan fingerprint density at radius 2 is 1.41 bits per heavy atom. The van der Waals surface area contributed by atoms with E-state index in [9.17, 15) is 9.59 Å². The Morgan fingerprint density at radius 1 is 0.780 bits per heavy atom. The number of anilines is 1. The van der Waals surface area contributed by atoms with Crippen LogP contribution >= 0.6 is 0 Å². The zero-order chi connectivity index (χ0) is 29.6. The first-order valence-electron chi connectivity index (χ1n) is 13.2. The topological polar surface area (TPSA) is 117 Å². The molecule has 0 saturated carbocycles. The molecule has 0 radical (unpaired) electrons. The minimum atomic E-state index is -0.909. The number of nitrogens with zero attached hydrogens (tertiary/aromatic N) is 4. The summed E-state index contributed by atoms with van der Waals surface area (Å²) in [5, 5.41) is 4.21. The Hall–Kier alpha value is -4.73. The van der Waals surface area contributed by atoms with E-state index in [2.05, 4.69) is 15.1 Å². The van der Waals surface area contributed by atoms with Gasteiger partial charge in [0.2, 0.25) is 5.88 Å². The molecule has 0 aliphatic rings. The van der Waals surface area contributed by atoms with Crippen molar-refractivity contribution in [1.29, 1.82) is 0 Å². The number of amides is 2. The first-order chi connectivity index (χ1) is 19.4. The molecule has 0 aliphatic carbocycles. The molecule has 0 atom stereocenters. The first-order valence-corrected chi connectivity index (χ1v) is 13.2. The molecule has 41 heavy (non-hydrogen) atoms. The average Bonchev–Trinajstić information content (AvgIpc) is 3.35. The van der Waals surface area contributed by atoms with Crippen LogP contribution in [0.2, 0.25) is 0 Å². The lowest BCUT2D eigenvalue weighted by atomic mass is 10.0. The maximum Gasteiger partial charge on any atom is 0.425 e. The number of hydrogen-bond donors (Lipinski definition) is 0. The van der Waals surface area contributed by atoms with E-state index in [1.165, 1.54) is 12.5 Å². The van der Waals surface area contributed by atoms with Gasteiger partial charge >= 0.3 is 12.2 Å². The van der Waals surface area contributed by atoms with Crippen LogP contribution in [-0.2, 0) is 22.5 Å². The summed E-state index contributed by atoms with van der Waals surface area (Å²) in [6.45, 7) is 10.7.